The van der Waals surface area contributed by atoms with Gasteiger partial charge in [0.25, 0.3) is 5.69 Å². The summed E-state index contributed by atoms with van der Waals surface area (Å²) in [4.78, 5) is 22.3. The van der Waals surface area contributed by atoms with E-state index in [1.165, 1.54) is 6.07 Å². The fourth-order valence-electron chi connectivity index (χ4n) is 2.22. The van der Waals surface area contributed by atoms with Crippen LogP contribution in [0.15, 0.2) is 18.2 Å². The summed E-state index contributed by atoms with van der Waals surface area (Å²) in [6, 6.07) is 4.91. The molecule has 0 bridgehead atoms. The van der Waals surface area contributed by atoms with Crippen molar-refractivity contribution in [1.82, 2.24) is 5.32 Å². The molecule has 1 aliphatic rings. The number of benzene rings is 1. The number of nitrogens with one attached hydrogen (secondary N) is 1. The van der Waals surface area contributed by atoms with Gasteiger partial charge >= 0.3 is 0 Å². The Labute approximate surface area is 123 Å². The number of carbonyl (C=O) groups excluding carboxylic acids is 1. The second kappa shape index (κ2) is 5.83. The predicted octanol–water partition coefficient (Wildman–Crippen LogP) is 2.62. The minimum absolute atomic E-state index is 0.0116. The van der Waals surface area contributed by atoms with Crippen LogP contribution < -0.4 is 5.32 Å². The number of nitro benzene ring substituents is 1. The van der Waals surface area contributed by atoms with Crippen LogP contribution in [-0.2, 0) is 11.3 Å². The molecular weight excluding hydrogens is 276 g/mol. The van der Waals surface area contributed by atoms with Crippen LogP contribution >= 0.6 is 12.6 Å². The number of nitro groups is 1. The van der Waals surface area contributed by atoms with E-state index in [1.807, 2.05) is 0 Å². The lowest BCUT2D eigenvalue weighted by atomic mass is 10.0. The molecule has 6 heteroatoms. The first-order chi connectivity index (χ1) is 9.47. The van der Waals surface area contributed by atoms with Crippen LogP contribution in [0.5, 0.6) is 0 Å². The van der Waals surface area contributed by atoms with E-state index in [1.54, 1.807) is 19.1 Å². The lowest BCUT2D eigenvalue weighted by Gasteiger charge is -2.12. The summed E-state index contributed by atoms with van der Waals surface area (Å²) >= 11 is 4.27. The van der Waals surface area contributed by atoms with Crippen molar-refractivity contribution in [2.24, 2.45) is 5.41 Å². The van der Waals surface area contributed by atoms with E-state index in [-0.39, 0.29) is 17.0 Å². The van der Waals surface area contributed by atoms with Crippen molar-refractivity contribution in [3.63, 3.8) is 0 Å². The Morgan fingerprint density at radius 3 is 2.75 bits per heavy atom. The van der Waals surface area contributed by atoms with E-state index in [9.17, 15) is 14.9 Å². The SMILES string of the molecule is Cc1c(CNC(=O)CC2(CS)CC2)cccc1[N+](=O)[O-]. The van der Waals surface area contributed by atoms with Crippen LogP contribution in [0.4, 0.5) is 5.69 Å². The second-order valence-corrected chi connectivity index (χ2v) is 5.75. The molecule has 108 valence electrons. The van der Waals surface area contributed by atoms with Crippen LogP contribution in [0, 0.1) is 22.5 Å². The monoisotopic (exact) mass is 294 g/mol. The molecule has 20 heavy (non-hydrogen) atoms. The minimum Gasteiger partial charge on any atom is -0.352 e. The third-order valence-electron chi connectivity index (χ3n) is 3.92. The highest BCUT2D eigenvalue weighted by Crippen LogP contribution is 2.49. The van der Waals surface area contributed by atoms with Crippen molar-refractivity contribution < 1.29 is 9.72 Å². The number of rotatable bonds is 6. The second-order valence-electron chi connectivity index (χ2n) is 5.43. The highest BCUT2D eigenvalue weighted by atomic mass is 32.1. The average Bonchev–Trinajstić information content (AvgIpc) is 3.17. The summed E-state index contributed by atoms with van der Waals surface area (Å²) in [5, 5.41) is 13.7. The van der Waals surface area contributed by atoms with Gasteiger partial charge in [0, 0.05) is 24.6 Å². The molecule has 0 aliphatic heterocycles. The Morgan fingerprint density at radius 1 is 1.50 bits per heavy atom. The maximum absolute atomic E-state index is 11.9. The zero-order valence-electron chi connectivity index (χ0n) is 11.4. The molecule has 5 nitrogen and oxygen atoms in total. The first-order valence-electron chi connectivity index (χ1n) is 6.58. The maximum Gasteiger partial charge on any atom is 0.272 e. The van der Waals surface area contributed by atoms with Crippen LogP contribution in [0.2, 0.25) is 0 Å². The van der Waals surface area contributed by atoms with Crippen LogP contribution in [-0.4, -0.2) is 16.6 Å². The quantitative estimate of drug-likeness (QED) is 0.481. The van der Waals surface area contributed by atoms with Crippen molar-refractivity contribution in [2.45, 2.75) is 32.7 Å². The molecule has 0 heterocycles. The van der Waals surface area contributed by atoms with Crippen molar-refractivity contribution in [1.29, 1.82) is 0 Å². The number of carbonyl (C=O) groups is 1. The average molecular weight is 294 g/mol. The molecule has 0 radical (unpaired) electrons. The molecule has 1 N–H and O–H groups in total. The smallest absolute Gasteiger partial charge is 0.272 e. The Bertz CT molecular complexity index is 541. The van der Waals surface area contributed by atoms with Crippen LogP contribution in [0.1, 0.15) is 30.4 Å². The molecule has 0 saturated heterocycles. The third-order valence-corrected chi connectivity index (χ3v) is 4.59. The standard InChI is InChI=1S/C14H18N2O3S/c1-10-11(3-2-4-12(10)16(18)19)8-15-13(17)7-14(9-20)5-6-14/h2-4,20H,5-9H2,1H3,(H,15,17). The predicted molar refractivity (Wildman–Crippen MR) is 79.8 cm³/mol. The van der Waals surface area contributed by atoms with Gasteiger partial charge in [0.2, 0.25) is 5.91 Å². The van der Waals surface area contributed by atoms with Crippen molar-refractivity contribution in [3.8, 4) is 0 Å². The molecule has 2 rings (SSSR count). The molecule has 1 amide bonds. The fourth-order valence-corrected chi connectivity index (χ4v) is 2.65. The van der Waals surface area contributed by atoms with Gasteiger partial charge in [-0.1, -0.05) is 12.1 Å². The molecule has 1 aromatic rings. The lowest BCUT2D eigenvalue weighted by Crippen LogP contribution is -2.26. The third kappa shape index (κ3) is 3.30. The van der Waals surface area contributed by atoms with E-state index >= 15 is 0 Å². The lowest BCUT2D eigenvalue weighted by molar-refractivity contribution is -0.385. The summed E-state index contributed by atoms with van der Waals surface area (Å²) in [5.74, 6) is 0.721. The largest absolute Gasteiger partial charge is 0.352 e. The molecular formula is C14H18N2O3S. The normalized spacial score (nSPS) is 15.7. The van der Waals surface area contributed by atoms with Gasteiger partial charge in [0.05, 0.1) is 4.92 Å². The van der Waals surface area contributed by atoms with Gasteiger partial charge in [-0.25, -0.2) is 0 Å². The number of hydrogen-bond donors (Lipinski definition) is 2. The number of amides is 1. The van der Waals surface area contributed by atoms with Gasteiger partial charge < -0.3 is 5.32 Å². The fraction of sp³-hybridized carbons (Fsp3) is 0.500. The highest BCUT2D eigenvalue weighted by Gasteiger charge is 2.42. The highest BCUT2D eigenvalue weighted by molar-refractivity contribution is 7.80. The van der Waals surface area contributed by atoms with Crippen molar-refractivity contribution in [2.75, 3.05) is 5.75 Å². The summed E-state index contributed by atoms with van der Waals surface area (Å²) in [6.45, 7) is 2.03. The van der Waals surface area contributed by atoms with Gasteiger partial charge in [-0.05, 0) is 36.5 Å². The summed E-state index contributed by atoms with van der Waals surface area (Å²) < 4.78 is 0. The van der Waals surface area contributed by atoms with Crippen molar-refractivity contribution >= 4 is 24.2 Å². The summed E-state index contributed by atoms with van der Waals surface area (Å²) in [6.07, 6.45) is 2.60. The molecule has 0 unspecified atom stereocenters. The van der Waals surface area contributed by atoms with E-state index in [4.69, 9.17) is 0 Å². The van der Waals surface area contributed by atoms with E-state index in [0.29, 0.717) is 18.5 Å². The molecule has 1 aromatic carbocycles. The Kier molecular flexibility index (Phi) is 4.32. The first kappa shape index (κ1) is 14.8. The van der Waals surface area contributed by atoms with E-state index in [0.717, 1.165) is 24.2 Å². The van der Waals surface area contributed by atoms with Gasteiger partial charge in [0.15, 0.2) is 0 Å². The van der Waals surface area contributed by atoms with Gasteiger partial charge in [-0.15, -0.1) is 0 Å². The summed E-state index contributed by atoms with van der Waals surface area (Å²) in [5.41, 5.74) is 1.56. The van der Waals surface area contributed by atoms with Gasteiger partial charge in [-0.2, -0.15) is 12.6 Å². The number of nitrogens with zero attached hydrogens (tertiary/aromatic N) is 1. The van der Waals surface area contributed by atoms with E-state index < -0.39 is 4.92 Å². The Hall–Kier alpha value is -1.56. The van der Waals surface area contributed by atoms with Gasteiger partial charge in [0.1, 0.15) is 0 Å². The number of thiol groups is 1. The minimum atomic E-state index is -0.402. The summed E-state index contributed by atoms with van der Waals surface area (Å²) in [7, 11) is 0. The van der Waals surface area contributed by atoms with Crippen LogP contribution in [0.3, 0.4) is 0 Å². The Balaban J connectivity index is 1.95. The zero-order valence-corrected chi connectivity index (χ0v) is 12.3. The van der Waals surface area contributed by atoms with Crippen molar-refractivity contribution in [3.05, 3.63) is 39.4 Å². The molecule has 0 spiro atoms. The molecule has 0 aromatic heterocycles. The number of hydrogen-bond acceptors (Lipinski definition) is 4. The topological polar surface area (TPSA) is 72.2 Å². The van der Waals surface area contributed by atoms with Crippen LogP contribution in [0.25, 0.3) is 0 Å². The Morgan fingerprint density at radius 2 is 2.20 bits per heavy atom. The van der Waals surface area contributed by atoms with E-state index in [2.05, 4.69) is 17.9 Å². The van der Waals surface area contributed by atoms with Gasteiger partial charge in [-0.3, -0.25) is 14.9 Å². The molecule has 1 fully saturated rings. The molecule has 0 atom stereocenters. The zero-order chi connectivity index (χ0) is 14.8. The maximum atomic E-state index is 11.9. The first-order valence-corrected chi connectivity index (χ1v) is 7.21. The molecule has 1 aliphatic carbocycles. The molecule has 1 saturated carbocycles.